The molecule has 0 fully saturated rings. The Bertz CT molecular complexity index is 1160. The highest BCUT2D eigenvalue weighted by Gasteiger charge is 2.14. The minimum Gasteiger partial charge on any atom is -0.454 e. The van der Waals surface area contributed by atoms with Crippen molar-refractivity contribution in [3.63, 3.8) is 0 Å². The topological polar surface area (TPSA) is 94.3 Å². The second-order valence-corrected chi connectivity index (χ2v) is 6.31. The molecule has 0 atom stereocenters. The highest BCUT2D eigenvalue weighted by atomic mass is 32.1. The predicted molar refractivity (Wildman–Crippen MR) is 107 cm³/mol. The first-order valence-corrected chi connectivity index (χ1v) is 8.82. The van der Waals surface area contributed by atoms with E-state index < -0.39 is 0 Å². The molecule has 0 amide bonds. The van der Waals surface area contributed by atoms with Crippen LogP contribution in [0.4, 0.5) is 11.5 Å². The van der Waals surface area contributed by atoms with Crippen LogP contribution in [0.5, 0.6) is 11.5 Å². The molecule has 0 saturated carbocycles. The summed E-state index contributed by atoms with van der Waals surface area (Å²) < 4.78 is 16.4. The second-order valence-electron chi connectivity index (χ2n) is 5.90. The zero-order valence-electron chi connectivity index (χ0n) is 14.4. The second kappa shape index (κ2) is 6.78. The number of hydrogen-bond donors (Lipinski definition) is 2. The van der Waals surface area contributed by atoms with Crippen molar-refractivity contribution in [1.82, 2.24) is 15.0 Å². The Balaban J connectivity index is 1.32. The van der Waals surface area contributed by atoms with Crippen LogP contribution >= 0.6 is 12.2 Å². The molecule has 0 radical (unpaired) electrons. The number of oxazole rings is 1. The van der Waals surface area contributed by atoms with Gasteiger partial charge in [0.2, 0.25) is 12.7 Å². The number of nitrogens with one attached hydrogen (secondary N) is 2. The molecule has 8 nitrogen and oxygen atoms in total. The van der Waals surface area contributed by atoms with Crippen LogP contribution < -0.4 is 20.1 Å². The Hall–Kier alpha value is -3.72. The van der Waals surface area contributed by atoms with Gasteiger partial charge in [-0.25, -0.2) is 9.97 Å². The number of fused-ring (bicyclic) bond motifs is 2. The van der Waals surface area contributed by atoms with E-state index in [4.69, 9.17) is 26.1 Å². The fourth-order valence-electron chi connectivity index (χ4n) is 2.75. The summed E-state index contributed by atoms with van der Waals surface area (Å²) in [5.41, 5.74) is 2.51. The molecule has 28 heavy (non-hydrogen) atoms. The number of thiocarbonyl (C=S) groups is 1. The van der Waals surface area contributed by atoms with Crippen LogP contribution in [0.2, 0.25) is 0 Å². The van der Waals surface area contributed by atoms with Crippen molar-refractivity contribution in [3.8, 4) is 23.1 Å². The largest absolute Gasteiger partial charge is 0.454 e. The van der Waals surface area contributed by atoms with Crippen molar-refractivity contribution in [2.75, 3.05) is 17.4 Å². The van der Waals surface area contributed by atoms with Gasteiger partial charge < -0.3 is 24.5 Å². The Labute approximate surface area is 164 Å². The maximum atomic E-state index is 5.71. The van der Waals surface area contributed by atoms with Gasteiger partial charge in [-0.15, -0.1) is 0 Å². The van der Waals surface area contributed by atoms with Gasteiger partial charge in [0, 0.05) is 18.0 Å². The van der Waals surface area contributed by atoms with Crippen LogP contribution in [0.15, 0.2) is 59.1 Å². The van der Waals surface area contributed by atoms with E-state index >= 15 is 0 Å². The number of rotatable bonds is 3. The van der Waals surface area contributed by atoms with E-state index in [2.05, 4.69) is 25.6 Å². The van der Waals surface area contributed by atoms with Crippen molar-refractivity contribution in [2.45, 2.75) is 0 Å². The number of pyridine rings is 2. The fraction of sp³-hybridized carbons (Fsp3) is 0.0526. The first kappa shape index (κ1) is 16.5. The molecule has 0 spiro atoms. The molecule has 1 aliphatic rings. The Kier molecular flexibility index (Phi) is 3.99. The molecule has 0 aliphatic carbocycles. The minimum absolute atomic E-state index is 0.226. The smallest absolute Gasteiger partial charge is 0.247 e. The van der Waals surface area contributed by atoms with Crippen molar-refractivity contribution < 1.29 is 13.9 Å². The molecule has 4 heterocycles. The SMILES string of the molecule is S=C(Nc1ccc2c(c1)OCO2)Nc1cccc(-c2nc3ncccc3o2)n1. The lowest BCUT2D eigenvalue weighted by atomic mass is 10.3. The van der Waals surface area contributed by atoms with Gasteiger partial charge in [0.1, 0.15) is 11.5 Å². The van der Waals surface area contributed by atoms with E-state index in [1.165, 1.54) is 0 Å². The van der Waals surface area contributed by atoms with Gasteiger partial charge in [0.25, 0.3) is 0 Å². The summed E-state index contributed by atoms with van der Waals surface area (Å²) in [4.78, 5) is 13.0. The quantitative estimate of drug-likeness (QED) is 0.505. The van der Waals surface area contributed by atoms with Crippen molar-refractivity contribution in [3.05, 3.63) is 54.7 Å². The summed E-state index contributed by atoms with van der Waals surface area (Å²) in [6.07, 6.45) is 1.67. The lowest BCUT2D eigenvalue weighted by Gasteiger charge is -2.10. The molecule has 9 heteroatoms. The Morgan fingerprint density at radius 3 is 2.82 bits per heavy atom. The fourth-order valence-corrected chi connectivity index (χ4v) is 2.98. The summed E-state index contributed by atoms with van der Waals surface area (Å²) >= 11 is 5.38. The van der Waals surface area contributed by atoms with Crippen LogP contribution in [0.25, 0.3) is 22.8 Å². The highest BCUT2D eigenvalue weighted by molar-refractivity contribution is 7.80. The van der Waals surface area contributed by atoms with Crippen LogP contribution in [0, 0.1) is 0 Å². The number of benzene rings is 1. The summed E-state index contributed by atoms with van der Waals surface area (Å²) in [5.74, 6) is 2.35. The molecule has 0 bridgehead atoms. The number of nitrogens with zero attached hydrogens (tertiary/aromatic N) is 3. The standard InChI is InChI=1S/C19H13N5O3S/c28-19(21-11-6-7-13-15(9-11)26-10-25-13)23-16-5-1-3-12(22-16)18-24-17-14(27-18)4-2-8-20-17/h1-9H,10H2,(H2,21,22,23,28). The third kappa shape index (κ3) is 3.19. The molecule has 1 aromatic carbocycles. The average molecular weight is 391 g/mol. The molecule has 5 rings (SSSR count). The first-order chi connectivity index (χ1) is 13.7. The molecule has 0 unspecified atom stereocenters. The van der Waals surface area contributed by atoms with Gasteiger partial charge in [-0.1, -0.05) is 6.07 Å². The van der Waals surface area contributed by atoms with Crippen LogP contribution in [-0.2, 0) is 0 Å². The summed E-state index contributed by atoms with van der Waals surface area (Å²) in [6, 6.07) is 14.6. The van der Waals surface area contributed by atoms with E-state index in [9.17, 15) is 0 Å². The van der Waals surface area contributed by atoms with E-state index in [0.717, 1.165) is 5.69 Å². The summed E-state index contributed by atoms with van der Waals surface area (Å²) in [6.45, 7) is 0.226. The minimum atomic E-state index is 0.226. The Morgan fingerprint density at radius 1 is 0.964 bits per heavy atom. The average Bonchev–Trinajstić information content (AvgIpc) is 3.34. The maximum absolute atomic E-state index is 5.71. The van der Waals surface area contributed by atoms with Crippen LogP contribution in [-0.4, -0.2) is 26.9 Å². The third-order valence-electron chi connectivity index (χ3n) is 4.01. The molecule has 2 N–H and O–H groups in total. The van der Waals surface area contributed by atoms with Crippen molar-refractivity contribution >= 4 is 40.1 Å². The lowest BCUT2D eigenvalue weighted by molar-refractivity contribution is 0.174. The molecule has 4 aromatic rings. The number of hydrogen-bond acceptors (Lipinski definition) is 7. The molecule has 0 saturated heterocycles. The van der Waals surface area contributed by atoms with Gasteiger partial charge in [0.15, 0.2) is 27.8 Å². The highest BCUT2D eigenvalue weighted by Crippen LogP contribution is 2.34. The van der Waals surface area contributed by atoms with E-state index in [1.807, 2.05) is 36.4 Å². The Morgan fingerprint density at radius 2 is 1.89 bits per heavy atom. The number of aromatic nitrogens is 3. The number of anilines is 2. The van der Waals surface area contributed by atoms with Crippen LogP contribution in [0.1, 0.15) is 0 Å². The molecular formula is C19H13N5O3S. The van der Waals surface area contributed by atoms with Gasteiger partial charge in [0.05, 0.1) is 0 Å². The lowest BCUT2D eigenvalue weighted by Crippen LogP contribution is -2.19. The maximum Gasteiger partial charge on any atom is 0.247 e. The third-order valence-corrected chi connectivity index (χ3v) is 4.21. The zero-order chi connectivity index (χ0) is 18.9. The van der Waals surface area contributed by atoms with E-state index in [1.54, 1.807) is 18.3 Å². The summed E-state index contributed by atoms with van der Waals surface area (Å²) in [7, 11) is 0. The van der Waals surface area contributed by atoms with E-state index in [-0.39, 0.29) is 6.79 Å². The van der Waals surface area contributed by atoms with Crippen molar-refractivity contribution in [2.24, 2.45) is 0 Å². The van der Waals surface area contributed by atoms with Gasteiger partial charge >= 0.3 is 0 Å². The molecule has 3 aromatic heterocycles. The zero-order valence-corrected chi connectivity index (χ0v) is 15.2. The van der Waals surface area contributed by atoms with Gasteiger partial charge in [-0.3, -0.25) is 0 Å². The normalized spacial score (nSPS) is 12.1. The van der Waals surface area contributed by atoms with Crippen molar-refractivity contribution in [1.29, 1.82) is 0 Å². The van der Waals surface area contributed by atoms with E-state index in [0.29, 0.717) is 45.2 Å². The van der Waals surface area contributed by atoms with Gasteiger partial charge in [-0.05, 0) is 48.6 Å². The molecule has 1 aliphatic heterocycles. The molecule has 138 valence electrons. The summed E-state index contributed by atoms with van der Waals surface area (Å²) in [5, 5.41) is 6.54. The number of ether oxygens (including phenoxy) is 2. The van der Waals surface area contributed by atoms with Gasteiger partial charge in [-0.2, -0.15) is 4.98 Å². The first-order valence-electron chi connectivity index (χ1n) is 8.41. The predicted octanol–water partition coefficient (Wildman–Crippen LogP) is 3.82. The van der Waals surface area contributed by atoms with Crippen LogP contribution in [0.3, 0.4) is 0 Å². The monoisotopic (exact) mass is 391 g/mol. The molecular weight excluding hydrogens is 378 g/mol.